The van der Waals surface area contributed by atoms with Crippen LogP contribution in [-0.2, 0) is 4.79 Å². The van der Waals surface area contributed by atoms with Gasteiger partial charge in [-0.1, -0.05) is 12.1 Å². The summed E-state index contributed by atoms with van der Waals surface area (Å²) in [6.45, 7) is 4.05. The molecule has 0 unspecified atom stereocenters. The maximum Gasteiger partial charge on any atom is 0.272 e. The van der Waals surface area contributed by atoms with E-state index in [1.165, 1.54) is 18.2 Å². The summed E-state index contributed by atoms with van der Waals surface area (Å²) in [7, 11) is 1.79. The summed E-state index contributed by atoms with van der Waals surface area (Å²) in [5, 5.41) is 0. The van der Waals surface area contributed by atoms with Gasteiger partial charge in [-0.25, -0.2) is 4.39 Å². The number of nitrogens with zero attached hydrogens (tertiary/aromatic N) is 1. The Morgan fingerprint density at radius 3 is 2.47 bits per heavy atom. The summed E-state index contributed by atoms with van der Waals surface area (Å²) in [6, 6.07) is 5.78. The molecule has 1 aromatic carbocycles. The topological polar surface area (TPSA) is 61.4 Å². The number of carbonyl (C=O) groups is 2. The van der Waals surface area contributed by atoms with Crippen LogP contribution in [0.25, 0.3) is 0 Å². The van der Waals surface area contributed by atoms with Crippen molar-refractivity contribution in [3.05, 3.63) is 35.6 Å². The molecule has 19 heavy (non-hydrogen) atoms. The van der Waals surface area contributed by atoms with Crippen molar-refractivity contribution in [3.63, 3.8) is 0 Å². The largest absolute Gasteiger partial charge is 0.295 e. The Morgan fingerprint density at radius 1 is 1.26 bits per heavy atom. The second-order valence-electron chi connectivity index (χ2n) is 4.49. The molecular formula is C13H18FN3O2. The molecule has 6 heteroatoms. The maximum absolute atomic E-state index is 13.3. The van der Waals surface area contributed by atoms with Gasteiger partial charge in [0.2, 0.25) is 0 Å². The molecule has 0 aliphatic heterocycles. The van der Waals surface area contributed by atoms with Gasteiger partial charge in [0.1, 0.15) is 5.82 Å². The smallest absolute Gasteiger partial charge is 0.272 e. The number of carbonyl (C=O) groups excluding carboxylic acids is 2. The van der Waals surface area contributed by atoms with Crippen molar-refractivity contribution in [1.29, 1.82) is 0 Å². The maximum atomic E-state index is 13.3. The van der Waals surface area contributed by atoms with Gasteiger partial charge in [-0.05, 0) is 33.0 Å². The van der Waals surface area contributed by atoms with Gasteiger partial charge in [-0.2, -0.15) is 0 Å². The fourth-order valence-electron chi connectivity index (χ4n) is 1.29. The van der Waals surface area contributed by atoms with E-state index in [0.29, 0.717) is 0 Å². The number of nitrogens with one attached hydrogen (secondary N) is 2. The first-order valence-electron chi connectivity index (χ1n) is 5.95. The molecule has 0 heterocycles. The van der Waals surface area contributed by atoms with E-state index in [4.69, 9.17) is 0 Å². The molecule has 1 rings (SSSR count). The lowest BCUT2D eigenvalue weighted by molar-refractivity contribution is -0.123. The van der Waals surface area contributed by atoms with Crippen LogP contribution in [0.5, 0.6) is 0 Å². The lowest BCUT2D eigenvalue weighted by Crippen LogP contribution is -2.47. The number of amides is 2. The van der Waals surface area contributed by atoms with Crippen molar-refractivity contribution in [3.8, 4) is 0 Å². The number of rotatable bonds is 4. The molecule has 0 aromatic heterocycles. The standard InChI is InChI=1S/C13H18FN3O2/c1-9(2)17(3)8-12(18)15-16-13(19)10-6-4-5-7-11(10)14/h4-7,9H,8H2,1-3H3,(H,15,18)(H,16,19). The van der Waals surface area contributed by atoms with E-state index in [1.807, 2.05) is 18.7 Å². The zero-order valence-corrected chi connectivity index (χ0v) is 11.2. The van der Waals surface area contributed by atoms with Crippen LogP contribution in [0.4, 0.5) is 4.39 Å². The van der Waals surface area contributed by atoms with Crippen LogP contribution in [-0.4, -0.2) is 36.3 Å². The Bertz CT molecular complexity index is 463. The molecular weight excluding hydrogens is 249 g/mol. The van der Waals surface area contributed by atoms with E-state index >= 15 is 0 Å². The van der Waals surface area contributed by atoms with Crippen LogP contribution in [0.3, 0.4) is 0 Å². The van der Waals surface area contributed by atoms with Crippen molar-refractivity contribution < 1.29 is 14.0 Å². The van der Waals surface area contributed by atoms with Gasteiger partial charge in [-0.3, -0.25) is 25.3 Å². The number of likely N-dealkylation sites (N-methyl/N-ethyl adjacent to an activating group) is 1. The third kappa shape index (κ3) is 4.67. The summed E-state index contributed by atoms with van der Waals surface area (Å²) in [6.07, 6.45) is 0. The molecule has 0 saturated carbocycles. The molecule has 2 N–H and O–H groups in total. The summed E-state index contributed by atoms with van der Waals surface area (Å²) in [4.78, 5) is 24.9. The molecule has 1 aromatic rings. The average Bonchev–Trinajstić information content (AvgIpc) is 2.36. The minimum atomic E-state index is -0.682. The summed E-state index contributed by atoms with van der Waals surface area (Å²) >= 11 is 0. The number of hydrazine groups is 1. The lowest BCUT2D eigenvalue weighted by atomic mass is 10.2. The molecule has 2 amide bonds. The van der Waals surface area contributed by atoms with Gasteiger partial charge in [-0.15, -0.1) is 0 Å². The van der Waals surface area contributed by atoms with E-state index in [-0.39, 0.29) is 24.1 Å². The zero-order chi connectivity index (χ0) is 14.4. The van der Waals surface area contributed by atoms with Crippen LogP contribution in [0.1, 0.15) is 24.2 Å². The van der Waals surface area contributed by atoms with Gasteiger partial charge in [0, 0.05) is 6.04 Å². The van der Waals surface area contributed by atoms with E-state index in [1.54, 1.807) is 13.1 Å². The number of hydrogen-bond donors (Lipinski definition) is 2. The van der Waals surface area contributed by atoms with Crippen molar-refractivity contribution in [2.45, 2.75) is 19.9 Å². The Morgan fingerprint density at radius 2 is 1.89 bits per heavy atom. The van der Waals surface area contributed by atoms with E-state index in [2.05, 4.69) is 10.9 Å². The monoisotopic (exact) mass is 267 g/mol. The second-order valence-corrected chi connectivity index (χ2v) is 4.49. The predicted molar refractivity (Wildman–Crippen MR) is 69.8 cm³/mol. The third-order valence-electron chi connectivity index (χ3n) is 2.71. The highest BCUT2D eigenvalue weighted by Gasteiger charge is 2.13. The van der Waals surface area contributed by atoms with E-state index < -0.39 is 11.7 Å². The van der Waals surface area contributed by atoms with Gasteiger partial charge in [0.25, 0.3) is 11.8 Å². The first-order chi connectivity index (χ1) is 8.91. The summed E-state index contributed by atoms with van der Waals surface area (Å²) in [5.41, 5.74) is 4.31. The van der Waals surface area contributed by atoms with Gasteiger partial charge in [0.05, 0.1) is 12.1 Å². The lowest BCUT2D eigenvalue weighted by Gasteiger charge is -2.20. The van der Waals surface area contributed by atoms with Crippen LogP contribution in [0, 0.1) is 5.82 Å². The molecule has 0 saturated heterocycles. The highest BCUT2D eigenvalue weighted by Crippen LogP contribution is 2.05. The van der Waals surface area contributed by atoms with Crippen molar-refractivity contribution in [2.75, 3.05) is 13.6 Å². The second kappa shape index (κ2) is 6.84. The van der Waals surface area contributed by atoms with E-state index in [9.17, 15) is 14.0 Å². The zero-order valence-electron chi connectivity index (χ0n) is 11.2. The quantitative estimate of drug-likeness (QED) is 0.798. The molecule has 0 aliphatic carbocycles. The van der Waals surface area contributed by atoms with E-state index in [0.717, 1.165) is 0 Å². The molecule has 0 radical (unpaired) electrons. The molecule has 104 valence electrons. The molecule has 0 spiro atoms. The van der Waals surface area contributed by atoms with Crippen LogP contribution in [0.2, 0.25) is 0 Å². The van der Waals surface area contributed by atoms with Gasteiger partial charge >= 0.3 is 0 Å². The first kappa shape index (κ1) is 15.1. The average molecular weight is 267 g/mol. The Kier molecular flexibility index (Phi) is 5.44. The minimum absolute atomic E-state index is 0.111. The Hall–Kier alpha value is -1.95. The first-order valence-corrected chi connectivity index (χ1v) is 5.95. The fourth-order valence-corrected chi connectivity index (χ4v) is 1.29. The fraction of sp³-hybridized carbons (Fsp3) is 0.385. The molecule has 5 nitrogen and oxygen atoms in total. The third-order valence-corrected chi connectivity index (χ3v) is 2.71. The summed E-state index contributed by atoms with van der Waals surface area (Å²) < 4.78 is 13.3. The minimum Gasteiger partial charge on any atom is -0.295 e. The van der Waals surface area contributed by atoms with Crippen LogP contribution >= 0.6 is 0 Å². The summed E-state index contributed by atoms with van der Waals surface area (Å²) in [5.74, 6) is -1.67. The normalized spacial score (nSPS) is 10.6. The number of benzene rings is 1. The number of halogens is 1. The number of hydrogen-bond acceptors (Lipinski definition) is 3. The predicted octanol–water partition coefficient (Wildman–Crippen LogP) is 0.927. The van der Waals surface area contributed by atoms with Crippen LogP contribution in [0.15, 0.2) is 24.3 Å². The van der Waals surface area contributed by atoms with Crippen LogP contribution < -0.4 is 10.9 Å². The molecule has 0 aliphatic rings. The molecule has 0 atom stereocenters. The Balaban J connectivity index is 2.47. The molecule has 0 fully saturated rings. The highest BCUT2D eigenvalue weighted by molar-refractivity contribution is 5.95. The molecule has 0 bridgehead atoms. The highest BCUT2D eigenvalue weighted by atomic mass is 19.1. The Labute approximate surface area is 111 Å². The van der Waals surface area contributed by atoms with Crippen molar-refractivity contribution >= 4 is 11.8 Å². The van der Waals surface area contributed by atoms with Crippen molar-refractivity contribution in [2.24, 2.45) is 0 Å². The van der Waals surface area contributed by atoms with Gasteiger partial charge in [0.15, 0.2) is 0 Å². The van der Waals surface area contributed by atoms with Gasteiger partial charge < -0.3 is 0 Å². The van der Waals surface area contributed by atoms with Crippen molar-refractivity contribution in [1.82, 2.24) is 15.8 Å². The SMILES string of the molecule is CC(C)N(C)CC(=O)NNC(=O)c1ccccc1F.